The molecule has 1 unspecified atom stereocenters. The number of likely N-dealkylation sites (tertiary alicyclic amines) is 1. The van der Waals surface area contributed by atoms with Gasteiger partial charge in [-0.25, -0.2) is 0 Å². The van der Waals surface area contributed by atoms with E-state index in [0.717, 1.165) is 43.0 Å². The number of piperidine rings is 1. The van der Waals surface area contributed by atoms with E-state index in [9.17, 15) is 9.59 Å². The van der Waals surface area contributed by atoms with Gasteiger partial charge in [0.1, 0.15) is 0 Å². The van der Waals surface area contributed by atoms with Crippen molar-refractivity contribution in [3.05, 3.63) is 54.6 Å². The first kappa shape index (κ1) is 22.6. The summed E-state index contributed by atoms with van der Waals surface area (Å²) in [6, 6.07) is 16.9. The van der Waals surface area contributed by atoms with E-state index in [1.165, 1.54) is 0 Å². The molecule has 31 heavy (non-hydrogen) atoms. The molecule has 2 aromatic carbocycles. The Morgan fingerprint density at radius 3 is 2.39 bits per heavy atom. The van der Waals surface area contributed by atoms with E-state index in [1.807, 2.05) is 68.4 Å². The summed E-state index contributed by atoms with van der Waals surface area (Å²) in [7, 11) is 0. The summed E-state index contributed by atoms with van der Waals surface area (Å²) in [6.45, 7) is 6.54. The molecule has 2 aromatic rings. The minimum Gasteiger partial charge on any atom is -0.356 e. The molecule has 0 bridgehead atoms. The van der Waals surface area contributed by atoms with Crippen LogP contribution in [0.2, 0.25) is 0 Å². The zero-order valence-electron chi connectivity index (χ0n) is 18.3. The van der Waals surface area contributed by atoms with Crippen molar-refractivity contribution in [1.82, 2.24) is 10.2 Å². The molecule has 1 aliphatic rings. The molecule has 0 spiro atoms. The molecule has 1 atom stereocenters. The van der Waals surface area contributed by atoms with Gasteiger partial charge in [0, 0.05) is 24.7 Å². The average molecular weight is 422 g/mol. The lowest BCUT2D eigenvalue weighted by Crippen LogP contribution is -2.44. The summed E-state index contributed by atoms with van der Waals surface area (Å²) >= 11 is 0. The summed E-state index contributed by atoms with van der Waals surface area (Å²) in [5.74, 6) is 0.433. The molecule has 7 heteroatoms. The Hall–Kier alpha value is -3.06. The van der Waals surface area contributed by atoms with Crippen molar-refractivity contribution >= 4 is 28.9 Å². The van der Waals surface area contributed by atoms with Crippen molar-refractivity contribution < 1.29 is 9.59 Å². The van der Waals surface area contributed by atoms with E-state index in [2.05, 4.69) is 25.8 Å². The van der Waals surface area contributed by atoms with Gasteiger partial charge in [-0.1, -0.05) is 32.0 Å². The quantitative estimate of drug-likeness (QED) is 0.614. The Kier molecular flexibility index (Phi) is 8.29. The first-order valence-electron chi connectivity index (χ1n) is 10.9. The summed E-state index contributed by atoms with van der Waals surface area (Å²) in [6.07, 6.45) is 2.12. The number of azo groups is 1. The van der Waals surface area contributed by atoms with Gasteiger partial charge in [0.2, 0.25) is 11.8 Å². The molecule has 0 aromatic heterocycles. The van der Waals surface area contributed by atoms with E-state index in [0.29, 0.717) is 19.0 Å². The molecular formula is C24H31N5O2. The number of nitrogens with one attached hydrogen (secondary N) is 2. The Bertz CT molecular complexity index is 881. The number of benzene rings is 2. The summed E-state index contributed by atoms with van der Waals surface area (Å²) in [5.41, 5.74) is 2.26. The zero-order valence-corrected chi connectivity index (χ0v) is 18.3. The van der Waals surface area contributed by atoms with E-state index >= 15 is 0 Å². The maximum Gasteiger partial charge on any atom is 0.238 e. The van der Waals surface area contributed by atoms with Crippen LogP contribution < -0.4 is 10.6 Å². The van der Waals surface area contributed by atoms with E-state index < -0.39 is 0 Å². The lowest BCUT2D eigenvalue weighted by atomic mass is 9.97. The Labute approximate surface area is 183 Å². The number of anilines is 1. The zero-order chi connectivity index (χ0) is 22.1. The van der Waals surface area contributed by atoms with Gasteiger partial charge in [-0.3, -0.25) is 14.5 Å². The molecule has 0 radical (unpaired) electrons. The second-order valence-corrected chi connectivity index (χ2v) is 8.27. The van der Waals surface area contributed by atoms with Crippen LogP contribution in [-0.4, -0.2) is 42.9 Å². The van der Waals surface area contributed by atoms with Crippen molar-refractivity contribution in [3.63, 3.8) is 0 Å². The van der Waals surface area contributed by atoms with Crippen LogP contribution >= 0.6 is 0 Å². The van der Waals surface area contributed by atoms with Crippen LogP contribution in [0.1, 0.15) is 26.7 Å². The first-order chi connectivity index (χ1) is 15.0. The predicted octanol–water partition coefficient (Wildman–Crippen LogP) is 4.52. The van der Waals surface area contributed by atoms with Gasteiger partial charge in [0.15, 0.2) is 0 Å². The monoisotopic (exact) mass is 421 g/mol. The Balaban J connectivity index is 1.44. The van der Waals surface area contributed by atoms with E-state index in [-0.39, 0.29) is 17.7 Å². The van der Waals surface area contributed by atoms with Gasteiger partial charge >= 0.3 is 0 Å². The molecule has 1 fully saturated rings. The summed E-state index contributed by atoms with van der Waals surface area (Å²) in [5, 5.41) is 14.4. The topological polar surface area (TPSA) is 86.2 Å². The fourth-order valence-corrected chi connectivity index (χ4v) is 3.54. The lowest BCUT2D eigenvalue weighted by molar-refractivity contribution is -0.124. The number of hydrogen-bond donors (Lipinski definition) is 2. The second-order valence-electron chi connectivity index (χ2n) is 8.27. The molecule has 0 saturated carbocycles. The molecule has 1 saturated heterocycles. The van der Waals surface area contributed by atoms with Gasteiger partial charge in [-0.2, -0.15) is 10.2 Å². The van der Waals surface area contributed by atoms with Crippen molar-refractivity contribution in [2.24, 2.45) is 22.1 Å². The average Bonchev–Trinajstić information content (AvgIpc) is 2.78. The molecular weight excluding hydrogens is 390 g/mol. The molecule has 1 heterocycles. The molecule has 1 aliphatic heterocycles. The smallest absolute Gasteiger partial charge is 0.238 e. The highest BCUT2D eigenvalue weighted by molar-refractivity contribution is 5.92. The predicted molar refractivity (Wildman–Crippen MR) is 123 cm³/mol. The Morgan fingerprint density at radius 2 is 1.71 bits per heavy atom. The third-order valence-electron chi connectivity index (χ3n) is 5.25. The van der Waals surface area contributed by atoms with Gasteiger partial charge in [-0.15, -0.1) is 0 Å². The van der Waals surface area contributed by atoms with E-state index in [1.54, 1.807) is 0 Å². The van der Waals surface area contributed by atoms with Gasteiger partial charge in [0.05, 0.1) is 17.9 Å². The SMILES string of the molecule is CC(C)C(=O)NCC1CCCN(CC(=O)Nc2ccc(N=Nc3ccccc3)cc2)C1. The minimum absolute atomic E-state index is 0.00308. The molecule has 3 rings (SSSR count). The van der Waals surface area contributed by atoms with Gasteiger partial charge in [-0.05, 0) is 61.7 Å². The van der Waals surface area contributed by atoms with Crippen LogP contribution in [0.15, 0.2) is 64.8 Å². The lowest BCUT2D eigenvalue weighted by Gasteiger charge is -2.32. The molecule has 164 valence electrons. The number of hydrogen-bond acceptors (Lipinski definition) is 5. The number of amides is 2. The summed E-state index contributed by atoms with van der Waals surface area (Å²) in [4.78, 5) is 26.4. The summed E-state index contributed by atoms with van der Waals surface area (Å²) < 4.78 is 0. The van der Waals surface area contributed by atoms with E-state index in [4.69, 9.17) is 0 Å². The van der Waals surface area contributed by atoms with Crippen molar-refractivity contribution in [2.75, 3.05) is 31.5 Å². The second kappa shape index (κ2) is 11.4. The van der Waals surface area contributed by atoms with Crippen LogP contribution in [0.4, 0.5) is 17.1 Å². The third kappa shape index (κ3) is 7.61. The molecule has 2 N–H and O–H groups in total. The number of carbonyl (C=O) groups excluding carboxylic acids is 2. The molecule has 7 nitrogen and oxygen atoms in total. The molecule has 2 amide bonds. The number of carbonyl (C=O) groups is 2. The van der Waals surface area contributed by atoms with Crippen molar-refractivity contribution in [1.29, 1.82) is 0 Å². The standard InChI is InChI=1S/C24H31N5O2/c1-18(2)24(31)25-15-19-7-6-14-29(16-19)17-23(30)26-20-10-12-22(13-11-20)28-27-21-8-4-3-5-9-21/h3-5,8-13,18-19H,6-7,14-17H2,1-2H3,(H,25,31)(H,26,30). The van der Waals surface area contributed by atoms with Crippen LogP contribution in [0.5, 0.6) is 0 Å². The van der Waals surface area contributed by atoms with Crippen LogP contribution in [-0.2, 0) is 9.59 Å². The normalized spacial score (nSPS) is 17.1. The number of rotatable bonds is 8. The molecule has 0 aliphatic carbocycles. The Morgan fingerprint density at radius 1 is 1.03 bits per heavy atom. The van der Waals surface area contributed by atoms with Crippen molar-refractivity contribution in [3.8, 4) is 0 Å². The maximum absolute atomic E-state index is 12.5. The largest absolute Gasteiger partial charge is 0.356 e. The van der Waals surface area contributed by atoms with Crippen molar-refractivity contribution in [2.45, 2.75) is 26.7 Å². The fraction of sp³-hybridized carbons (Fsp3) is 0.417. The fourth-order valence-electron chi connectivity index (χ4n) is 3.54. The highest BCUT2D eigenvalue weighted by atomic mass is 16.2. The van der Waals surface area contributed by atoms with Gasteiger partial charge in [0.25, 0.3) is 0 Å². The number of nitrogens with zero attached hydrogens (tertiary/aromatic N) is 3. The minimum atomic E-state index is -0.0365. The van der Waals surface area contributed by atoms with Gasteiger partial charge < -0.3 is 10.6 Å². The maximum atomic E-state index is 12.5. The van der Waals surface area contributed by atoms with Crippen LogP contribution in [0.25, 0.3) is 0 Å². The van der Waals surface area contributed by atoms with Crippen LogP contribution in [0, 0.1) is 11.8 Å². The third-order valence-corrected chi connectivity index (χ3v) is 5.25. The highest BCUT2D eigenvalue weighted by Crippen LogP contribution is 2.20. The van der Waals surface area contributed by atoms with Crippen LogP contribution in [0.3, 0.4) is 0 Å². The first-order valence-corrected chi connectivity index (χ1v) is 10.9. The highest BCUT2D eigenvalue weighted by Gasteiger charge is 2.22.